The van der Waals surface area contributed by atoms with Crippen LogP contribution in [0.5, 0.6) is 0 Å². The quantitative estimate of drug-likeness (QED) is 0.424. The molecule has 1 nitrogen and oxygen atoms in total. The fourth-order valence-electron chi connectivity index (χ4n) is 3.92. The molecule has 0 saturated carbocycles. The average Bonchev–Trinajstić information content (AvgIpc) is 2.76. The number of hydrogen-bond donors (Lipinski definition) is 1. The summed E-state index contributed by atoms with van der Waals surface area (Å²) in [6.07, 6.45) is 7.11. The average molecular weight is 372 g/mol. The second-order valence-corrected chi connectivity index (χ2v) is 7.64. The van der Waals surface area contributed by atoms with Crippen LogP contribution in [0.15, 0.2) is 66.7 Å². The van der Waals surface area contributed by atoms with Crippen molar-refractivity contribution in [2.75, 3.05) is 0 Å². The highest BCUT2D eigenvalue weighted by atomic mass is 14.5. The Morgan fingerprint density at radius 1 is 0.643 bits per heavy atom. The number of aryl methyl sites for hydroxylation is 2. The Morgan fingerprint density at radius 3 is 1.64 bits per heavy atom. The predicted molar refractivity (Wildman–Crippen MR) is 122 cm³/mol. The molecule has 3 aromatic carbocycles. The lowest BCUT2D eigenvalue weighted by atomic mass is 9.87. The van der Waals surface area contributed by atoms with Crippen LogP contribution < -0.4 is 5.73 Å². The molecule has 3 aromatic rings. The van der Waals surface area contributed by atoms with Crippen molar-refractivity contribution in [1.82, 2.24) is 0 Å². The predicted octanol–water partition coefficient (Wildman–Crippen LogP) is 7.16. The van der Waals surface area contributed by atoms with Crippen LogP contribution in [0.2, 0.25) is 0 Å². The Labute approximate surface area is 170 Å². The van der Waals surface area contributed by atoms with Gasteiger partial charge < -0.3 is 5.73 Å². The van der Waals surface area contributed by atoms with Gasteiger partial charge in [-0.1, -0.05) is 93.4 Å². The van der Waals surface area contributed by atoms with Crippen molar-refractivity contribution in [3.8, 4) is 22.3 Å². The van der Waals surface area contributed by atoms with Gasteiger partial charge in [0.25, 0.3) is 0 Å². The van der Waals surface area contributed by atoms with E-state index in [4.69, 9.17) is 5.73 Å². The van der Waals surface area contributed by atoms with Crippen molar-refractivity contribution in [3.05, 3.63) is 83.4 Å². The molecule has 0 spiro atoms. The van der Waals surface area contributed by atoms with Crippen molar-refractivity contribution in [3.63, 3.8) is 0 Å². The van der Waals surface area contributed by atoms with E-state index in [2.05, 4.69) is 80.6 Å². The Morgan fingerprint density at radius 2 is 1.14 bits per heavy atom. The molecule has 0 radical (unpaired) electrons. The van der Waals surface area contributed by atoms with Crippen molar-refractivity contribution in [2.45, 2.75) is 58.9 Å². The Balaban J connectivity index is 2.04. The zero-order valence-corrected chi connectivity index (χ0v) is 17.4. The second-order valence-electron chi connectivity index (χ2n) is 7.64. The number of rotatable bonds is 9. The molecule has 0 aliphatic rings. The van der Waals surface area contributed by atoms with Crippen LogP contribution in [-0.4, -0.2) is 0 Å². The summed E-state index contributed by atoms with van der Waals surface area (Å²) >= 11 is 0. The minimum atomic E-state index is 0.617. The third kappa shape index (κ3) is 4.91. The van der Waals surface area contributed by atoms with Crippen LogP contribution in [0.4, 0.5) is 0 Å². The summed E-state index contributed by atoms with van der Waals surface area (Å²) in [6, 6.07) is 24.4. The summed E-state index contributed by atoms with van der Waals surface area (Å²) in [6.45, 7) is 5.14. The van der Waals surface area contributed by atoms with E-state index in [9.17, 15) is 0 Å². The highest BCUT2D eigenvalue weighted by Crippen LogP contribution is 2.33. The molecule has 1 heteroatoms. The molecule has 0 bridgehead atoms. The summed E-state index contributed by atoms with van der Waals surface area (Å²) in [5.74, 6) is 0. The lowest BCUT2D eigenvalue weighted by Gasteiger charge is -2.18. The van der Waals surface area contributed by atoms with Crippen molar-refractivity contribution in [1.29, 1.82) is 0 Å². The number of nitrogens with two attached hydrogens (primary N) is 1. The molecule has 0 heterocycles. The van der Waals surface area contributed by atoms with Gasteiger partial charge in [0.1, 0.15) is 0 Å². The highest BCUT2D eigenvalue weighted by molar-refractivity contribution is 5.75. The summed E-state index contributed by atoms with van der Waals surface area (Å²) < 4.78 is 0. The van der Waals surface area contributed by atoms with E-state index in [0.717, 1.165) is 12.8 Å². The van der Waals surface area contributed by atoms with Gasteiger partial charge in [0.15, 0.2) is 0 Å². The molecule has 0 aliphatic heterocycles. The molecule has 0 amide bonds. The van der Waals surface area contributed by atoms with Crippen molar-refractivity contribution in [2.24, 2.45) is 5.73 Å². The first-order valence-corrected chi connectivity index (χ1v) is 10.8. The standard InChI is InChI=1S/C27H33N/c1-3-5-10-25-18-21(20-28)19-26(11-6-4-2)27(25)24-16-14-23(15-17-24)22-12-8-7-9-13-22/h7-9,12-19H,3-6,10-11,20,28H2,1-2H3. The molecule has 0 aliphatic carbocycles. The Hall–Kier alpha value is -2.38. The smallest absolute Gasteiger partial charge is 0.0178 e. The first kappa shape index (κ1) is 20.4. The molecule has 0 aromatic heterocycles. The molecule has 28 heavy (non-hydrogen) atoms. The van der Waals surface area contributed by atoms with Crippen LogP contribution in [0.25, 0.3) is 22.3 Å². The third-order valence-corrected chi connectivity index (χ3v) is 5.48. The summed E-state index contributed by atoms with van der Waals surface area (Å²) in [7, 11) is 0. The molecule has 2 N–H and O–H groups in total. The van der Waals surface area contributed by atoms with E-state index < -0.39 is 0 Å². The van der Waals surface area contributed by atoms with Gasteiger partial charge in [-0.25, -0.2) is 0 Å². The van der Waals surface area contributed by atoms with Gasteiger partial charge in [-0.3, -0.25) is 0 Å². The number of hydrogen-bond acceptors (Lipinski definition) is 1. The van der Waals surface area contributed by atoms with Gasteiger partial charge in [-0.05, 0) is 64.6 Å². The lowest BCUT2D eigenvalue weighted by Crippen LogP contribution is -2.03. The minimum Gasteiger partial charge on any atom is -0.326 e. The summed E-state index contributed by atoms with van der Waals surface area (Å²) in [5, 5.41) is 0. The maximum atomic E-state index is 6.02. The molecule has 0 saturated heterocycles. The second kappa shape index (κ2) is 10.2. The highest BCUT2D eigenvalue weighted by Gasteiger charge is 2.13. The Kier molecular flexibility index (Phi) is 7.45. The van der Waals surface area contributed by atoms with E-state index in [1.165, 1.54) is 64.6 Å². The summed E-state index contributed by atoms with van der Waals surface area (Å²) in [5.41, 5.74) is 15.5. The number of benzene rings is 3. The topological polar surface area (TPSA) is 26.0 Å². The molecular formula is C27H33N. The normalized spacial score (nSPS) is 11.0. The maximum absolute atomic E-state index is 6.02. The van der Waals surface area contributed by atoms with Crippen LogP contribution in [0.3, 0.4) is 0 Å². The SMILES string of the molecule is CCCCc1cc(CN)cc(CCCC)c1-c1ccc(-c2ccccc2)cc1. The van der Waals surface area contributed by atoms with Crippen LogP contribution in [0, 0.1) is 0 Å². The van der Waals surface area contributed by atoms with Gasteiger partial charge in [-0.2, -0.15) is 0 Å². The lowest BCUT2D eigenvalue weighted by molar-refractivity contribution is 0.780. The largest absolute Gasteiger partial charge is 0.326 e. The zero-order chi connectivity index (χ0) is 19.8. The molecule has 146 valence electrons. The van der Waals surface area contributed by atoms with Gasteiger partial charge in [-0.15, -0.1) is 0 Å². The van der Waals surface area contributed by atoms with Crippen LogP contribution >= 0.6 is 0 Å². The van der Waals surface area contributed by atoms with Gasteiger partial charge in [0.2, 0.25) is 0 Å². The fourth-order valence-corrected chi connectivity index (χ4v) is 3.92. The third-order valence-electron chi connectivity index (χ3n) is 5.48. The van der Waals surface area contributed by atoms with Crippen molar-refractivity contribution >= 4 is 0 Å². The molecule has 3 rings (SSSR count). The number of unbranched alkanes of at least 4 members (excludes halogenated alkanes) is 2. The van der Waals surface area contributed by atoms with Gasteiger partial charge in [0, 0.05) is 6.54 Å². The molecule has 0 unspecified atom stereocenters. The van der Waals surface area contributed by atoms with Crippen LogP contribution in [-0.2, 0) is 19.4 Å². The zero-order valence-electron chi connectivity index (χ0n) is 17.4. The molecular weight excluding hydrogens is 338 g/mol. The van der Waals surface area contributed by atoms with Gasteiger partial charge in [0.05, 0.1) is 0 Å². The first-order valence-electron chi connectivity index (χ1n) is 10.8. The van der Waals surface area contributed by atoms with E-state index >= 15 is 0 Å². The van der Waals surface area contributed by atoms with E-state index in [1.54, 1.807) is 0 Å². The summed E-state index contributed by atoms with van der Waals surface area (Å²) in [4.78, 5) is 0. The van der Waals surface area contributed by atoms with E-state index in [1.807, 2.05) is 0 Å². The molecule has 0 fully saturated rings. The first-order chi connectivity index (χ1) is 13.8. The molecule has 0 atom stereocenters. The van der Waals surface area contributed by atoms with Crippen molar-refractivity contribution < 1.29 is 0 Å². The van der Waals surface area contributed by atoms with Crippen LogP contribution in [0.1, 0.15) is 56.2 Å². The fraction of sp³-hybridized carbons (Fsp3) is 0.333. The maximum Gasteiger partial charge on any atom is 0.0178 e. The van der Waals surface area contributed by atoms with Gasteiger partial charge >= 0.3 is 0 Å². The monoisotopic (exact) mass is 371 g/mol. The van der Waals surface area contributed by atoms with E-state index in [0.29, 0.717) is 6.54 Å². The Bertz CT molecular complexity index is 834. The van der Waals surface area contributed by atoms with E-state index in [-0.39, 0.29) is 0 Å². The minimum absolute atomic E-state index is 0.617.